The van der Waals surface area contributed by atoms with Crippen molar-refractivity contribution in [1.29, 1.82) is 0 Å². The maximum absolute atomic E-state index is 10.2. The van der Waals surface area contributed by atoms with Crippen LogP contribution >= 0.6 is 0 Å². The Bertz CT molecular complexity index is 1010. The lowest BCUT2D eigenvalue weighted by molar-refractivity contribution is 0.0110. The normalized spacial score (nSPS) is 19.1. The fraction of sp³-hybridized carbons (Fsp3) is 0.688. The highest BCUT2D eigenvalue weighted by Gasteiger charge is 2.31. The number of pyridine rings is 2. The van der Waals surface area contributed by atoms with E-state index in [4.69, 9.17) is 4.98 Å². The Balaban J connectivity index is 0.000000216. The zero-order chi connectivity index (χ0) is 28.7. The second-order valence-corrected chi connectivity index (χ2v) is 12.8. The zero-order valence-corrected chi connectivity index (χ0v) is 25.7. The monoisotopic (exact) mass is 539 g/mol. The van der Waals surface area contributed by atoms with Crippen LogP contribution in [0, 0.1) is 5.92 Å². The lowest BCUT2D eigenvalue weighted by Gasteiger charge is -2.39. The van der Waals surface area contributed by atoms with Gasteiger partial charge in [-0.25, -0.2) is 0 Å². The first-order valence-electron chi connectivity index (χ1n) is 14.9. The van der Waals surface area contributed by atoms with Crippen LogP contribution in [0.1, 0.15) is 96.1 Å². The molecule has 0 aliphatic carbocycles. The van der Waals surface area contributed by atoms with Gasteiger partial charge in [0.05, 0.1) is 35.0 Å². The van der Waals surface area contributed by atoms with E-state index in [9.17, 15) is 10.2 Å². The molecule has 0 bridgehead atoms. The Morgan fingerprint density at radius 1 is 0.923 bits per heavy atom. The van der Waals surface area contributed by atoms with E-state index >= 15 is 0 Å². The van der Waals surface area contributed by atoms with Gasteiger partial charge < -0.3 is 24.9 Å². The highest BCUT2D eigenvalue weighted by atomic mass is 16.3. The molecule has 1 atom stereocenters. The van der Waals surface area contributed by atoms with Gasteiger partial charge in [-0.2, -0.15) is 0 Å². The average Bonchev–Trinajstić information content (AvgIpc) is 2.89. The molecule has 2 aromatic heterocycles. The van der Waals surface area contributed by atoms with E-state index in [1.165, 1.54) is 11.4 Å². The lowest BCUT2D eigenvalue weighted by atomic mass is 9.84. The molecule has 39 heavy (non-hydrogen) atoms. The number of aliphatic hydroxyl groups excluding tert-OH is 1. The smallest absolute Gasteiger partial charge is 0.0780 e. The van der Waals surface area contributed by atoms with Crippen molar-refractivity contribution in [2.24, 2.45) is 5.92 Å². The third kappa shape index (κ3) is 9.16. The molecule has 218 valence electrons. The molecule has 0 aromatic carbocycles. The Hall–Kier alpha value is -2.22. The molecule has 0 saturated carbocycles. The summed E-state index contributed by atoms with van der Waals surface area (Å²) in [6, 6.07) is 8.63. The first-order chi connectivity index (χ1) is 18.3. The summed E-state index contributed by atoms with van der Waals surface area (Å²) in [6.45, 7) is 17.2. The molecule has 2 fully saturated rings. The van der Waals surface area contributed by atoms with Gasteiger partial charge in [0.25, 0.3) is 0 Å². The summed E-state index contributed by atoms with van der Waals surface area (Å²) < 4.78 is 0. The maximum atomic E-state index is 10.2. The predicted octanol–water partition coefficient (Wildman–Crippen LogP) is 5.42. The first-order valence-corrected chi connectivity index (χ1v) is 14.9. The molecule has 1 unspecified atom stereocenters. The topological polar surface area (TPSA) is 76.0 Å². The summed E-state index contributed by atoms with van der Waals surface area (Å²) in [7, 11) is 4.15. The summed E-state index contributed by atoms with van der Waals surface area (Å²) in [5.41, 5.74) is 5.26. The molecule has 2 aliphatic heterocycles. The lowest BCUT2D eigenvalue weighted by Crippen LogP contribution is -2.44. The van der Waals surface area contributed by atoms with Crippen LogP contribution in [0.5, 0.6) is 0 Å². The number of piperidine rings is 2. The van der Waals surface area contributed by atoms with Crippen LogP contribution in [0.3, 0.4) is 0 Å². The molecule has 0 spiro atoms. The minimum atomic E-state index is -0.593. The van der Waals surface area contributed by atoms with E-state index in [0.717, 1.165) is 75.5 Å². The zero-order valence-electron chi connectivity index (χ0n) is 25.7. The number of nitrogens with zero attached hydrogens (tertiary/aromatic N) is 5. The Morgan fingerprint density at radius 2 is 1.56 bits per heavy atom. The van der Waals surface area contributed by atoms with Crippen molar-refractivity contribution >= 4 is 11.4 Å². The summed E-state index contributed by atoms with van der Waals surface area (Å²) in [5.74, 6) is 1.26. The van der Waals surface area contributed by atoms with Crippen LogP contribution in [0.15, 0.2) is 30.5 Å². The van der Waals surface area contributed by atoms with Crippen molar-refractivity contribution in [3.63, 3.8) is 0 Å². The standard InChI is InChI=1S/C16H27N3O.C16H26N2O/c1-12(2)14-5-6-16(15(17-14)11-18(3)4)19-9-7-13(20)8-10-19;1-12(2)15-8-7-14(10-17-15)18-9-5-6-13(11-18)16(3,4)19/h5-6,12-13,20H,7-11H2,1-4H3;7-8,10,12-13,19H,5-6,9,11H2,1-4H3. The first kappa shape index (κ1) is 31.3. The van der Waals surface area contributed by atoms with Crippen LogP contribution in [0.4, 0.5) is 11.4 Å². The van der Waals surface area contributed by atoms with Crippen LogP contribution < -0.4 is 9.80 Å². The van der Waals surface area contributed by atoms with Crippen molar-refractivity contribution in [2.75, 3.05) is 50.1 Å². The van der Waals surface area contributed by atoms with E-state index in [0.29, 0.717) is 17.8 Å². The summed E-state index contributed by atoms with van der Waals surface area (Å²) in [6.07, 6.45) is 5.80. The van der Waals surface area contributed by atoms with E-state index in [1.54, 1.807) is 0 Å². The number of anilines is 2. The fourth-order valence-corrected chi connectivity index (χ4v) is 5.36. The second kappa shape index (κ2) is 13.9. The molecule has 2 N–H and O–H groups in total. The molecule has 4 heterocycles. The van der Waals surface area contributed by atoms with Crippen molar-refractivity contribution < 1.29 is 10.2 Å². The highest BCUT2D eigenvalue weighted by Crippen LogP contribution is 2.30. The molecule has 7 heteroatoms. The SMILES string of the molecule is CC(C)c1ccc(N2CCC(O)CC2)c(CN(C)C)n1.CC(C)c1ccc(N2CCCC(C(C)(C)O)C2)cn1. The third-order valence-corrected chi connectivity index (χ3v) is 7.98. The summed E-state index contributed by atoms with van der Waals surface area (Å²) in [4.78, 5) is 16.3. The Morgan fingerprint density at radius 3 is 2.10 bits per heavy atom. The van der Waals surface area contributed by atoms with Crippen molar-refractivity contribution in [3.8, 4) is 0 Å². The molecular formula is C32H53N5O2. The number of aromatic nitrogens is 2. The van der Waals surface area contributed by atoms with Gasteiger partial charge in [-0.05, 0) is 89.7 Å². The third-order valence-electron chi connectivity index (χ3n) is 7.98. The minimum Gasteiger partial charge on any atom is -0.393 e. The van der Waals surface area contributed by atoms with E-state index in [-0.39, 0.29) is 6.10 Å². The van der Waals surface area contributed by atoms with Gasteiger partial charge in [0.2, 0.25) is 0 Å². The molecule has 2 aliphatic rings. The van der Waals surface area contributed by atoms with Gasteiger partial charge in [0.15, 0.2) is 0 Å². The van der Waals surface area contributed by atoms with Gasteiger partial charge in [-0.1, -0.05) is 27.7 Å². The fourth-order valence-electron chi connectivity index (χ4n) is 5.36. The molecular weight excluding hydrogens is 486 g/mol. The van der Waals surface area contributed by atoms with Crippen molar-refractivity contribution in [3.05, 3.63) is 47.5 Å². The average molecular weight is 540 g/mol. The maximum Gasteiger partial charge on any atom is 0.0780 e. The van der Waals surface area contributed by atoms with Gasteiger partial charge in [0.1, 0.15) is 0 Å². The molecule has 0 amide bonds. The number of hydrogen-bond acceptors (Lipinski definition) is 7. The van der Waals surface area contributed by atoms with E-state index < -0.39 is 5.60 Å². The minimum absolute atomic E-state index is 0.133. The van der Waals surface area contributed by atoms with Gasteiger partial charge >= 0.3 is 0 Å². The van der Waals surface area contributed by atoms with Gasteiger partial charge in [-0.3, -0.25) is 9.97 Å². The van der Waals surface area contributed by atoms with Crippen LogP contribution in [0.25, 0.3) is 0 Å². The highest BCUT2D eigenvalue weighted by molar-refractivity contribution is 5.52. The number of rotatable bonds is 7. The number of hydrogen-bond donors (Lipinski definition) is 2. The molecule has 2 aromatic rings. The van der Waals surface area contributed by atoms with Crippen LogP contribution in [-0.4, -0.2) is 77.1 Å². The van der Waals surface area contributed by atoms with Crippen molar-refractivity contribution in [1.82, 2.24) is 14.9 Å². The molecule has 7 nitrogen and oxygen atoms in total. The Kier molecular flexibility index (Phi) is 11.2. The Labute approximate surface area is 237 Å². The molecule has 2 saturated heterocycles. The van der Waals surface area contributed by atoms with Gasteiger partial charge in [0, 0.05) is 50.0 Å². The number of aliphatic hydroxyl groups is 2. The van der Waals surface area contributed by atoms with Crippen molar-refractivity contribution in [2.45, 2.75) is 97.3 Å². The van der Waals surface area contributed by atoms with E-state index in [2.05, 4.69) is 85.7 Å². The van der Waals surface area contributed by atoms with E-state index in [1.807, 2.05) is 20.0 Å². The molecule has 0 radical (unpaired) electrons. The summed E-state index contributed by atoms with van der Waals surface area (Å²) >= 11 is 0. The largest absolute Gasteiger partial charge is 0.393 e. The van der Waals surface area contributed by atoms with Crippen LogP contribution in [0.2, 0.25) is 0 Å². The summed E-state index contributed by atoms with van der Waals surface area (Å²) in [5, 5.41) is 19.8. The van der Waals surface area contributed by atoms with Crippen LogP contribution in [-0.2, 0) is 6.54 Å². The predicted molar refractivity (Wildman–Crippen MR) is 163 cm³/mol. The quantitative estimate of drug-likeness (QED) is 0.487. The second-order valence-electron chi connectivity index (χ2n) is 12.8. The van der Waals surface area contributed by atoms with Gasteiger partial charge in [-0.15, -0.1) is 0 Å². The molecule has 4 rings (SSSR count).